The summed E-state index contributed by atoms with van der Waals surface area (Å²) in [6.07, 6.45) is 5.64. The fraction of sp³-hybridized carbons (Fsp3) is 0.471. The molecule has 0 fully saturated rings. The van der Waals surface area contributed by atoms with Crippen LogP contribution in [0.15, 0.2) is 18.2 Å². The first-order chi connectivity index (χ1) is 11.4. The number of fused-ring (bicyclic) bond motifs is 2. The molecule has 2 aliphatic heterocycles. The lowest BCUT2D eigenvalue weighted by Gasteiger charge is -2.19. The summed E-state index contributed by atoms with van der Waals surface area (Å²) in [5.41, 5.74) is 3.58. The maximum absolute atomic E-state index is 5.72. The van der Waals surface area contributed by atoms with Gasteiger partial charge in [0.15, 0.2) is 11.5 Å². The first kappa shape index (κ1) is 14.8. The van der Waals surface area contributed by atoms with Gasteiger partial charge < -0.3 is 14.8 Å². The SMILES string of the molecule is CSCc1nn(-c2ccc3c(c2)OCCO3)c2c1CCCCN2. The maximum Gasteiger partial charge on any atom is 0.163 e. The third kappa shape index (κ3) is 2.76. The van der Waals surface area contributed by atoms with E-state index in [0.29, 0.717) is 13.2 Å². The van der Waals surface area contributed by atoms with Crippen molar-refractivity contribution in [1.29, 1.82) is 0 Å². The van der Waals surface area contributed by atoms with E-state index in [4.69, 9.17) is 14.6 Å². The van der Waals surface area contributed by atoms with Crippen LogP contribution in [0.3, 0.4) is 0 Å². The van der Waals surface area contributed by atoms with Crippen LogP contribution in [-0.4, -0.2) is 35.8 Å². The summed E-state index contributed by atoms with van der Waals surface area (Å²) in [5, 5.41) is 8.45. The summed E-state index contributed by atoms with van der Waals surface area (Å²) in [4.78, 5) is 0. The molecule has 1 aromatic heterocycles. The average molecular weight is 331 g/mol. The Bertz CT molecular complexity index is 714. The Hall–Kier alpha value is -1.82. The largest absolute Gasteiger partial charge is 0.486 e. The summed E-state index contributed by atoms with van der Waals surface area (Å²) in [6.45, 7) is 2.22. The molecule has 0 saturated carbocycles. The third-order valence-corrected chi connectivity index (χ3v) is 4.83. The zero-order valence-corrected chi connectivity index (χ0v) is 14.1. The van der Waals surface area contributed by atoms with Crippen LogP contribution in [0.2, 0.25) is 0 Å². The second-order valence-electron chi connectivity index (χ2n) is 5.83. The Kier molecular flexibility index (Phi) is 4.08. The molecule has 2 aromatic rings. The Morgan fingerprint density at radius 3 is 2.96 bits per heavy atom. The highest BCUT2D eigenvalue weighted by Crippen LogP contribution is 2.35. The molecule has 0 atom stereocenters. The highest BCUT2D eigenvalue weighted by atomic mass is 32.2. The minimum Gasteiger partial charge on any atom is -0.486 e. The Balaban J connectivity index is 1.79. The van der Waals surface area contributed by atoms with E-state index in [1.165, 1.54) is 24.1 Å². The van der Waals surface area contributed by atoms with Gasteiger partial charge in [-0.25, -0.2) is 4.68 Å². The van der Waals surface area contributed by atoms with Crippen LogP contribution in [0.25, 0.3) is 5.69 Å². The molecule has 4 rings (SSSR count). The van der Waals surface area contributed by atoms with Crippen molar-refractivity contribution >= 4 is 17.6 Å². The molecular formula is C17H21N3O2S. The first-order valence-electron chi connectivity index (χ1n) is 8.10. The van der Waals surface area contributed by atoms with Gasteiger partial charge in [0.05, 0.1) is 11.4 Å². The number of hydrogen-bond donors (Lipinski definition) is 1. The number of benzene rings is 1. The molecule has 0 amide bonds. The molecule has 5 nitrogen and oxygen atoms in total. The van der Waals surface area contributed by atoms with Gasteiger partial charge in [-0.3, -0.25) is 0 Å². The molecule has 6 heteroatoms. The highest BCUT2D eigenvalue weighted by Gasteiger charge is 2.21. The molecule has 122 valence electrons. The normalized spacial score (nSPS) is 16.4. The van der Waals surface area contributed by atoms with E-state index < -0.39 is 0 Å². The van der Waals surface area contributed by atoms with Crippen LogP contribution in [-0.2, 0) is 12.2 Å². The molecular weight excluding hydrogens is 310 g/mol. The van der Waals surface area contributed by atoms with Crippen molar-refractivity contribution in [2.45, 2.75) is 25.0 Å². The first-order valence-corrected chi connectivity index (χ1v) is 9.50. The fourth-order valence-electron chi connectivity index (χ4n) is 3.18. The monoisotopic (exact) mass is 331 g/mol. The molecule has 1 N–H and O–H groups in total. The fourth-order valence-corrected chi connectivity index (χ4v) is 3.68. The van der Waals surface area contributed by atoms with Crippen LogP contribution in [0.1, 0.15) is 24.1 Å². The van der Waals surface area contributed by atoms with Gasteiger partial charge in [-0.1, -0.05) is 0 Å². The molecule has 0 unspecified atom stereocenters. The van der Waals surface area contributed by atoms with Gasteiger partial charge in [-0.2, -0.15) is 16.9 Å². The van der Waals surface area contributed by atoms with Gasteiger partial charge >= 0.3 is 0 Å². The average Bonchev–Trinajstić information content (AvgIpc) is 2.77. The molecule has 0 aliphatic carbocycles. The van der Waals surface area contributed by atoms with Crippen molar-refractivity contribution in [2.24, 2.45) is 0 Å². The standard InChI is InChI=1S/C17H21N3O2S/c1-23-11-14-13-4-2-3-7-18-17(13)20(19-14)12-5-6-15-16(10-12)22-9-8-21-15/h5-6,10,18H,2-4,7-9,11H2,1H3. The molecule has 2 aliphatic rings. The molecule has 3 heterocycles. The highest BCUT2D eigenvalue weighted by molar-refractivity contribution is 7.97. The van der Waals surface area contributed by atoms with Crippen LogP contribution in [0.5, 0.6) is 11.5 Å². The van der Waals surface area contributed by atoms with Crippen molar-refractivity contribution in [1.82, 2.24) is 9.78 Å². The van der Waals surface area contributed by atoms with Crippen molar-refractivity contribution in [2.75, 3.05) is 31.3 Å². The molecule has 1 aromatic carbocycles. The predicted molar refractivity (Wildman–Crippen MR) is 93.2 cm³/mol. The Morgan fingerprint density at radius 1 is 1.22 bits per heavy atom. The zero-order valence-electron chi connectivity index (χ0n) is 13.3. The van der Waals surface area contributed by atoms with E-state index in [1.807, 2.05) is 28.6 Å². The molecule has 0 spiro atoms. The minimum absolute atomic E-state index is 0.601. The van der Waals surface area contributed by atoms with Gasteiger partial charge in [-0.15, -0.1) is 0 Å². The molecule has 0 bridgehead atoms. The number of aromatic nitrogens is 2. The second-order valence-corrected chi connectivity index (χ2v) is 6.70. The van der Waals surface area contributed by atoms with Gasteiger partial charge in [-0.05, 0) is 37.7 Å². The summed E-state index contributed by atoms with van der Waals surface area (Å²) < 4.78 is 13.4. The number of nitrogens with one attached hydrogen (secondary N) is 1. The van der Waals surface area contributed by atoms with Crippen LogP contribution in [0, 0.1) is 0 Å². The topological polar surface area (TPSA) is 48.3 Å². The Morgan fingerprint density at radius 2 is 2.09 bits per heavy atom. The minimum atomic E-state index is 0.601. The predicted octanol–water partition coefficient (Wildman–Crippen LogP) is 3.25. The van der Waals surface area contributed by atoms with Gasteiger partial charge in [0.2, 0.25) is 0 Å². The van der Waals surface area contributed by atoms with Gasteiger partial charge in [0, 0.05) is 23.9 Å². The summed E-state index contributed by atoms with van der Waals surface area (Å²) in [7, 11) is 0. The van der Waals surface area contributed by atoms with Crippen molar-refractivity contribution in [3.05, 3.63) is 29.5 Å². The number of ether oxygens (including phenoxy) is 2. The van der Waals surface area contributed by atoms with Gasteiger partial charge in [0.25, 0.3) is 0 Å². The van der Waals surface area contributed by atoms with E-state index >= 15 is 0 Å². The number of anilines is 1. The van der Waals surface area contributed by atoms with E-state index in [0.717, 1.165) is 41.7 Å². The van der Waals surface area contributed by atoms with Crippen LogP contribution >= 0.6 is 11.8 Å². The molecule has 0 radical (unpaired) electrons. The molecule has 23 heavy (non-hydrogen) atoms. The number of rotatable bonds is 3. The van der Waals surface area contributed by atoms with Crippen LogP contribution in [0.4, 0.5) is 5.82 Å². The third-order valence-electron chi connectivity index (χ3n) is 4.26. The Labute approximate surface area is 140 Å². The van der Waals surface area contributed by atoms with E-state index in [9.17, 15) is 0 Å². The zero-order chi connectivity index (χ0) is 15.6. The lowest BCUT2D eigenvalue weighted by molar-refractivity contribution is 0.171. The van der Waals surface area contributed by atoms with Crippen molar-refractivity contribution in [3.63, 3.8) is 0 Å². The van der Waals surface area contributed by atoms with E-state index in [1.54, 1.807) is 0 Å². The van der Waals surface area contributed by atoms with Crippen LogP contribution < -0.4 is 14.8 Å². The summed E-state index contributed by atoms with van der Waals surface area (Å²) in [6, 6.07) is 6.05. The number of nitrogens with zero attached hydrogens (tertiary/aromatic N) is 2. The number of hydrogen-bond acceptors (Lipinski definition) is 5. The quantitative estimate of drug-likeness (QED) is 0.935. The second kappa shape index (κ2) is 6.35. The van der Waals surface area contributed by atoms with Crippen molar-refractivity contribution < 1.29 is 9.47 Å². The lowest BCUT2D eigenvalue weighted by Crippen LogP contribution is -2.15. The van der Waals surface area contributed by atoms with E-state index in [-0.39, 0.29) is 0 Å². The number of thioether (sulfide) groups is 1. The van der Waals surface area contributed by atoms with E-state index in [2.05, 4.69) is 17.6 Å². The van der Waals surface area contributed by atoms with Gasteiger partial charge in [0.1, 0.15) is 19.0 Å². The lowest BCUT2D eigenvalue weighted by atomic mass is 10.1. The molecule has 0 saturated heterocycles. The smallest absolute Gasteiger partial charge is 0.163 e. The summed E-state index contributed by atoms with van der Waals surface area (Å²) in [5.74, 6) is 3.71. The van der Waals surface area contributed by atoms with Crippen molar-refractivity contribution in [3.8, 4) is 17.2 Å². The summed E-state index contributed by atoms with van der Waals surface area (Å²) >= 11 is 1.82. The maximum atomic E-state index is 5.72.